The lowest BCUT2D eigenvalue weighted by Gasteiger charge is -2.47. The minimum atomic E-state index is -2.37. The van der Waals surface area contributed by atoms with Crippen molar-refractivity contribution in [1.82, 2.24) is 0 Å². The van der Waals surface area contributed by atoms with Crippen molar-refractivity contribution >= 4 is 74.5 Å². The molecule has 1 heterocycles. The third kappa shape index (κ3) is 9.41. The zero-order chi connectivity index (χ0) is 18.5. The van der Waals surface area contributed by atoms with Gasteiger partial charge in [0, 0.05) is 0 Å². The summed E-state index contributed by atoms with van der Waals surface area (Å²) in [6, 6.07) is 1.74. The molecule has 7 nitrogen and oxygen atoms in total. The Morgan fingerprint density at radius 3 is 1.75 bits per heavy atom. The molecule has 1 saturated heterocycles. The molecule has 1 fully saturated rings. The molecule has 0 saturated carbocycles. The summed E-state index contributed by atoms with van der Waals surface area (Å²) >= 11 is 0. The van der Waals surface area contributed by atoms with Crippen LogP contribution in [0.4, 0.5) is 0 Å². The maximum Gasteiger partial charge on any atom is 0.411 e. The molecule has 0 aromatic carbocycles. The van der Waals surface area contributed by atoms with Gasteiger partial charge in [-0.25, -0.2) is 0 Å². The van der Waals surface area contributed by atoms with Gasteiger partial charge >= 0.3 is 54.3 Å². The molecule has 9 radical (unpaired) electrons. The standard InChI is InChI=1S/C9H25O7Si8/c1-21(2)13-22(3,4)15-24(7,16-23(5,6)14-21)9-8-18-11-20-12-19-10-17/h8-9H2,1-7H3. The molecule has 24 heavy (non-hydrogen) atoms. The topological polar surface area (TPSA) is 64.6 Å². The van der Waals surface area contributed by atoms with E-state index >= 15 is 0 Å². The molecule has 0 aromatic heterocycles. The van der Waals surface area contributed by atoms with Gasteiger partial charge < -0.3 is 28.8 Å². The molecule has 15 heteroatoms. The van der Waals surface area contributed by atoms with Crippen molar-refractivity contribution in [1.29, 1.82) is 0 Å². The summed E-state index contributed by atoms with van der Waals surface area (Å²) in [5.41, 5.74) is 0. The number of hydrogen-bond acceptors (Lipinski definition) is 7. The first-order valence-electron chi connectivity index (χ1n) is 7.56. The Balaban J connectivity index is 2.59. The number of rotatable bonds is 8. The van der Waals surface area contributed by atoms with Crippen LogP contribution in [-0.4, -0.2) is 74.5 Å². The molecule has 1 rings (SSSR count). The fourth-order valence-corrected chi connectivity index (χ4v) is 27.7. The summed E-state index contributed by atoms with van der Waals surface area (Å²) in [4.78, 5) is 0. The lowest BCUT2D eigenvalue weighted by molar-refractivity contribution is 0.235. The molecule has 0 aliphatic carbocycles. The molecule has 0 N–H and O–H groups in total. The Hall–Kier alpha value is 1.46. The molecule has 0 amide bonds. The summed E-state index contributed by atoms with van der Waals surface area (Å²) < 4.78 is 40.9. The quantitative estimate of drug-likeness (QED) is 0.394. The van der Waals surface area contributed by atoms with Crippen molar-refractivity contribution < 1.29 is 28.8 Å². The van der Waals surface area contributed by atoms with Crippen LogP contribution < -0.4 is 0 Å². The third-order valence-corrected chi connectivity index (χ3v) is 22.1. The van der Waals surface area contributed by atoms with E-state index in [9.17, 15) is 0 Å². The predicted octanol–water partition coefficient (Wildman–Crippen LogP) is 1.48. The average molecular weight is 470 g/mol. The molecule has 1 aliphatic rings. The average Bonchev–Trinajstić information content (AvgIpc) is 2.31. The monoisotopic (exact) mass is 469 g/mol. The van der Waals surface area contributed by atoms with Gasteiger partial charge in [-0.3, -0.25) is 0 Å². The fraction of sp³-hybridized carbons (Fsp3) is 1.00. The Morgan fingerprint density at radius 2 is 1.25 bits per heavy atom. The second-order valence-corrected chi connectivity index (χ2v) is 24.9. The second kappa shape index (κ2) is 9.59. The SMILES string of the molecule is C[Si]1(C)O[Si](C)(C)O[Si](C)(CC[Si]O[Si]O[Si]O[Si])O[Si](C)(C)O1. The van der Waals surface area contributed by atoms with E-state index in [4.69, 9.17) is 24.7 Å². The van der Waals surface area contributed by atoms with Crippen LogP contribution in [-0.2, 0) is 28.8 Å². The Morgan fingerprint density at radius 1 is 0.750 bits per heavy atom. The van der Waals surface area contributed by atoms with E-state index < -0.39 is 34.2 Å². The summed E-state index contributed by atoms with van der Waals surface area (Å²) in [6.07, 6.45) is 0. The van der Waals surface area contributed by atoms with Gasteiger partial charge in [-0.1, -0.05) is 0 Å². The van der Waals surface area contributed by atoms with Crippen LogP contribution in [0.3, 0.4) is 0 Å². The highest BCUT2D eigenvalue weighted by molar-refractivity contribution is 6.93. The second-order valence-electron chi connectivity index (χ2n) is 6.86. The van der Waals surface area contributed by atoms with E-state index in [1.54, 1.807) is 0 Å². The molecule has 0 atom stereocenters. The van der Waals surface area contributed by atoms with Crippen LogP contribution in [0.25, 0.3) is 0 Å². The first-order chi connectivity index (χ1) is 10.9. The zero-order valence-corrected chi connectivity index (χ0v) is 23.3. The highest BCUT2D eigenvalue weighted by Crippen LogP contribution is 2.32. The van der Waals surface area contributed by atoms with Gasteiger partial charge in [0.1, 0.15) is 0 Å². The van der Waals surface area contributed by atoms with E-state index in [0.717, 1.165) is 12.1 Å². The molecular weight excluding hydrogens is 445 g/mol. The van der Waals surface area contributed by atoms with Crippen molar-refractivity contribution in [2.75, 3.05) is 0 Å². The maximum atomic E-state index is 6.50. The highest BCUT2D eigenvalue weighted by Gasteiger charge is 2.52. The Labute approximate surface area is 161 Å². The van der Waals surface area contributed by atoms with Crippen molar-refractivity contribution in [3.63, 3.8) is 0 Å². The zero-order valence-electron chi connectivity index (χ0n) is 15.3. The smallest absolute Gasteiger partial charge is 0.411 e. The molecule has 135 valence electrons. The van der Waals surface area contributed by atoms with E-state index in [1.807, 2.05) is 0 Å². The summed E-state index contributed by atoms with van der Waals surface area (Å²) in [7, 11) is -5.98. The number of hydrogen-bond donors (Lipinski definition) is 0. The summed E-state index contributed by atoms with van der Waals surface area (Å²) in [6.45, 7) is 14.6. The van der Waals surface area contributed by atoms with Crippen LogP contribution in [0.15, 0.2) is 0 Å². The minimum absolute atomic E-state index is 0.00866. The lowest BCUT2D eigenvalue weighted by atomic mass is 10.9. The molecule has 0 unspecified atom stereocenters. The van der Waals surface area contributed by atoms with E-state index in [2.05, 4.69) is 60.4 Å². The first kappa shape index (κ1) is 23.5. The summed E-state index contributed by atoms with van der Waals surface area (Å²) in [5.74, 6) is 0. The van der Waals surface area contributed by atoms with Gasteiger partial charge in [0.15, 0.2) is 0 Å². The van der Waals surface area contributed by atoms with Crippen LogP contribution >= 0.6 is 0 Å². The van der Waals surface area contributed by atoms with Gasteiger partial charge in [0.25, 0.3) is 0 Å². The third-order valence-electron chi connectivity index (χ3n) is 2.83. The van der Waals surface area contributed by atoms with Crippen molar-refractivity contribution in [2.45, 2.75) is 57.9 Å². The summed E-state index contributed by atoms with van der Waals surface area (Å²) in [5, 5.41) is 0. The minimum Gasteiger partial charge on any atom is -0.435 e. The predicted molar refractivity (Wildman–Crippen MR) is 104 cm³/mol. The van der Waals surface area contributed by atoms with Gasteiger partial charge in [-0.15, -0.1) is 0 Å². The van der Waals surface area contributed by atoms with Gasteiger partial charge in [-0.2, -0.15) is 0 Å². The van der Waals surface area contributed by atoms with Crippen molar-refractivity contribution in [2.24, 2.45) is 0 Å². The normalized spacial score (nSPS) is 25.0. The molecule has 0 bridgehead atoms. The van der Waals surface area contributed by atoms with Crippen LogP contribution in [0, 0.1) is 0 Å². The van der Waals surface area contributed by atoms with E-state index in [1.165, 1.54) is 0 Å². The lowest BCUT2D eigenvalue weighted by Crippen LogP contribution is -2.65. The fourth-order valence-electron chi connectivity index (χ4n) is 2.83. The van der Waals surface area contributed by atoms with Gasteiger partial charge in [-0.05, 0) is 57.9 Å². The molecule has 0 aromatic rings. The molecule has 0 spiro atoms. The maximum absolute atomic E-state index is 6.50. The Bertz CT molecular complexity index is 374. The van der Waals surface area contributed by atoms with Crippen molar-refractivity contribution in [3.05, 3.63) is 0 Å². The largest absolute Gasteiger partial charge is 0.435 e. The molecular formula is C9H25O7Si8. The van der Waals surface area contributed by atoms with Crippen LogP contribution in [0.2, 0.25) is 57.9 Å². The first-order valence-corrected chi connectivity index (χ1v) is 21.7. The van der Waals surface area contributed by atoms with Gasteiger partial charge in [0.2, 0.25) is 20.2 Å². The van der Waals surface area contributed by atoms with Gasteiger partial charge in [0.05, 0.1) is 0 Å². The van der Waals surface area contributed by atoms with E-state index in [-0.39, 0.29) is 20.0 Å². The van der Waals surface area contributed by atoms with Crippen LogP contribution in [0.5, 0.6) is 0 Å². The van der Waals surface area contributed by atoms with Crippen molar-refractivity contribution in [3.8, 4) is 0 Å². The van der Waals surface area contributed by atoms with E-state index in [0.29, 0.717) is 9.76 Å². The Kier molecular flexibility index (Phi) is 9.39. The molecule has 1 aliphatic heterocycles. The van der Waals surface area contributed by atoms with Crippen LogP contribution in [0.1, 0.15) is 0 Å². The highest BCUT2D eigenvalue weighted by atomic mass is 28.5.